The van der Waals surface area contributed by atoms with Crippen LogP contribution in [0.1, 0.15) is 14.9 Å². The first-order chi connectivity index (χ1) is 3.70. The molecule has 4 heteroatoms. The first kappa shape index (κ1) is 11.7. The monoisotopic (exact) mass is 146 g/mol. The van der Waals surface area contributed by atoms with Gasteiger partial charge in [-0.25, -0.2) is 4.79 Å². The van der Waals surface area contributed by atoms with E-state index in [0.717, 1.165) is 0 Å². The van der Waals surface area contributed by atoms with Gasteiger partial charge in [0.05, 0.1) is 0 Å². The van der Waals surface area contributed by atoms with Crippen molar-refractivity contribution in [2.24, 2.45) is 0 Å². The zero-order valence-electron chi connectivity index (χ0n) is 4.47. The van der Waals surface area contributed by atoms with E-state index in [1.807, 2.05) is 0 Å². The van der Waals surface area contributed by atoms with Gasteiger partial charge in [0.15, 0.2) is 0 Å². The van der Waals surface area contributed by atoms with Gasteiger partial charge in [-0.05, 0) is 0 Å². The second kappa shape index (κ2) is 3.87. The fourth-order valence-corrected chi connectivity index (χ4v) is 0.541. The summed E-state index contributed by atoms with van der Waals surface area (Å²) in [5, 5.41) is 2.11. The number of nitrogens with one attached hydrogen (secondary N) is 1. The lowest BCUT2D eigenvalue weighted by molar-refractivity contribution is -0.118. The van der Waals surface area contributed by atoms with Gasteiger partial charge in [0.2, 0.25) is 5.91 Å². The van der Waals surface area contributed by atoms with Gasteiger partial charge >= 0.3 is 6.03 Å². The minimum Gasteiger partial charge on any atom is -0.318 e. The Morgan fingerprint density at radius 3 is 2.00 bits per heavy atom. The molecule has 1 fully saturated rings. The molecule has 60 valence electrons. The quantitative estimate of drug-likeness (QED) is 0.504. The van der Waals surface area contributed by atoms with Crippen LogP contribution < -0.4 is 5.32 Å². The summed E-state index contributed by atoms with van der Waals surface area (Å²) in [5.41, 5.74) is 0. The molecule has 1 rings (SSSR count). The number of hydrogen-bond acceptors (Lipinski definition) is 2. The zero-order chi connectivity index (χ0) is 6.15. The van der Waals surface area contributed by atoms with Crippen molar-refractivity contribution in [3.05, 3.63) is 0 Å². The number of carbonyl (C=O) groups is 2. The van der Waals surface area contributed by atoms with E-state index in [0.29, 0.717) is 0 Å². The summed E-state index contributed by atoms with van der Waals surface area (Å²) in [4.78, 5) is 22.0. The largest absolute Gasteiger partial charge is 0.324 e. The highest BCUT2D eigenvalue weighted by molar-refractivity contribution is 6.01. The number of urea groups is 1. The second-order valence-corrected chi connectivity index (χ2v) is 1.71. The smallest absolute Gasteiger partial charge is 0.318 e. The number of rotatable bonds is 0. The molecule has 1 saturated heterocycles. The van der Waals surface area contributed by atoms with Crippen LogP contribution in [0.25, 0.3) is 0 Å². The van der Waals surface area contributed by atoms with Crippen LogP contribution in [0.3, 0.4) is 0 Å². The third-order valence-electron chi connectivity index (χ3n) is 0.974. The van der Waals surface area contributed by atoms with E-state index >= 15 is 0 Å². The van der Waals surface area contributed by atoms with Gasteiger partial charge in [-0.2, -0.15) is 0 Å². The van der Waals surface area contributed by atoms with Crippen LogP contribution in [0.15, 0.2) is 0 Å². The lowest BCUT2D eigenvalue weighted by Crippen LogP contribution is -2.24. The highest BCUT2D eigenvalue weighted by atomic mass is 16.2. The van der Waals surface area contributed by atoms with Gasteiger partial charge < -0.3 is 4.90 Å². The lowest BCUT2D eigenvalue weighted by atomic mass is 10.6. The Balaban J connectivity index is 0. The summed E-state index contributed by atoms with van der Waals surface area (Å²) >= 11 is 0. The van der Waals surface area contributed by atoms with E-state index in [2.05, 4.69) is 5.32 Å². The number of likely N-dealkylation sites (N-methyl/N-ethyl adjacent to an activating group) is 1. The van der Waals surface area contributed by atoms with Gasteiger partial charge in [0, 0.05) is 7.05 Å². The number of imide groups is 1. The van der Waals surface area contributed by atoms with Crippen molar-refractivity contribution in [3.8, 4) is 0 Å². The topological polar surface area (TPSA) is 49.4 Å². The summed E-state index contributed by atoms with van der Waals surface area (Å²) < 4.78 is 0. The molecule has 1 aliphatic heterocycles. The summed E-state index contributed by atoms with van der Waals surface area (Å²) in [6.45, 7) is 0.193. The maximum Gasteiger partial charge on any atom is 0.324 e. The van der Waals surface area contributed by atoms with Crippen molar-refractivity contribution in [2.45, 2.75) is 14.9 Å². The van der Waals surface area contributed by atoms with Crippen molar-refractivity contribution >= 4 is 11.9 Å². The Hall–Kier alpha value is -1.06. The Labute approximate surface area is 61.2 Å². The molecule has 0 unspecified atom stereocenters. The highest BCUT2D eigenvalue weighted by Gasteiger charge is 2.21. The van der Waals surface area contributed by atoms with Crippen LogP contribution in [0.4, 0.5) is 4.79 Å². The number of hydrogen-bond donors (Lipinski definition) is 1. The molecule has 0 atom stereocenters. The molecule has 0 aromatic heterocycles. The van der Waals surface area contributed by atoms with Crippen LogP contribution in [-0.4, -0.2) is 30.4 Å². The average molecular weight is 146 g/mol. The molecule has 10 heavy (non-hydrogen) atoms. The molecule has 0 spiro atoms. The van der Waals surface area contributed by atoms with E-state index in [-0.39, 0.29) is 33.3 Å². The van der Waals surface area contributed by atoms with Crippen LogP contribution in [0, 0.1) is 0 Å². The summed E-state index contributed by atoms with van der Waals surface area (Å²) in [6, 6.07) is -0.310. The summed E-state index contributed by atoms with van der Waals surface area (Å²) in [7, 11) is 1.57. The molecule has 0 radical (unpaired) electrons. The third-order valence-corrected chi connectivity index (χ3v) is 0.974. The van der Waals surface area contributed by atoms with Crippen molar-refractivity contribution in [2.75, 3.05) is 13.6 Å². The van der Waals surface area contributed by atoms with Gasteiger partial charge in [0.1, 0.15) is 6.54 Å². The Morgan fingerprint density at radius 1 is 1.40 bits per heavy atom. The highest BCUT2D eigenvalue weighted by Crippen LogP contribution is 1.90. The SMILES string of the molecule is C.C.CN1CC(=O)NC1=O. The lowest BCUT2D eigenvalue weighted by Gasteiger charge is -1.99. The predicted molar refractivity (Wildman–Crippen MR) is 39.6 cm³/mol. The first-order valence-electron chi connectivity index (χ1n) is 2.25. The molecule has 1 N–H and O–H groups in total. The molecule has 1 heterocycles. The number of carbonyl (C=O) groups excluding carboxylic acids is 2. The molecule has 0 aromatic carbocycles. The molecule has 0 aliphatic carbocycles. The van der Waals surface area contributed by atoms with E-state index in [9.17, 15) is 9.59 Å². The van der Waals surface area contributed by atoms with Crippen molar-refractivity contribution in [3.63, 3.8) is 0 Å². The average Bonchev–Trinajstić information content (AvgIpc) is 1.85. The van der Waals surface area contributed by atoms with Crippen LogP contribution in [-0.2, 0) is 4.79 Å². The van der Waals surface area contributed by atoms with Gasteiger partial charge in [-0.1, -0.05) is 14.9 Å². The predicted octanol–water partition coefficient (Wildman–Crippen LogP) is 0.440. The second-order valence-electron chi connectivity index (χ2n) is 1.71. The van der Waals surface area contributed by atoms with E-state index < -0.39 is 0 Å². The first-order valence-corrected chi connectivity index (χ1v) is 2.25. The minimum absolute atomic E-state index is 0. The van der Waals surface area contributed by atoms with Crippen molar-refractivity contribution in [1.29, 1.82) is 0 Å². The molecular formula is C6H14N2O2. The molecule has 3 amide bonds. The van der Waals surface area contributed by atoms with Crippen LogP contribution >= 0.6 is 0 Å². The van der Waals surface area contributed by atoms with E-state index in [1.54, 1.807) is 7.05 Å². The molecule has 1 aliphatic rings. The molecule has 0 saturated carbocycles. The Morgan fingerprint density at radius 2 is 1.90 bits per heavy atom. The van der Waals surface area contributed by atoms with Gasteiger partial charge in [0.25, 0.3) is 0 Å². The standard InChI is InChI=1S/C4H6N2O2.2CH4/c1-6-2-3(7)5-4(6)8;;/h2H2,1H3,(H,5,7,8);2*1H4. The zero-order valence-corrected chi connectivity index (χ0v) is 4.47. The molecule has 4 nitrogen and oxygen atoms in total. The van der Waals surface area contributed by atoms with Crippen LogP contribution in [0.2, 0.25) is 0 Å². The third kappa shape index (κ3) is 2.05. The summed E-state index contributed by atoms with van der Waals surface area (Å²) in [6.07, 6.45) is 0. The van der Waals surface area contributed by atoms with E-state index in [1.165, 1.54) is 4.90 Å². The fourth-order valence-electron chi connectivity index (χ4n) is 0.541. The fraction of sp³-hybridized carbons (Fsp3) is 0.667. The molecule has 0 bridgehead atoms. The van der Waals surface area contributed by atoms with E-state index in [4.69, 9.17) is 0 Å². The van der Waals surface area contributed by atoms with Crippen molar-refractivity contribution in [1.82, 2.24) is 10.2 Å². The minimum atomic E-state index is -0.310. The number of nitrogens with zero attached hydrogens (tertiary/aromatic N) is 1. The number of amides is 3. The molecular weight excluding hydrogens is 132 g/mol. The summed E-state index contributed by atoms with van der Waals surface area (Å²) in [5.74, 6) is -0.225. The molecule has 0 aromatic rings. The van der Waals surface area contributed by atoms with Gasteiger partial charge in [-0.15, -0.1) is 0 Å². The maximum absolute atomic E-state index is 10.4. The maximum atomic E-state index is 10.4. The van der Waals surface area contributed by atoms with Gasteiger partial charge in [-0.3, -0.25) is 10.1 Å². The normalized spacial score (nSPS) is 15.5. The van der Waals surface area contributed by atoms with Crippen LogP contribution in [0.5, 0.6) is 0 Å². The van der Waals surface area contributed by atoms with Crippen molar-refractivity contribution < 1.29 is 9.59 Å². The Kier molecular flexibility index (Phi) is 4.53. The Bertz CT molecular complexity index is 145.